The molecule has 0 unspecified atom stereocenters. The molecular formula is C17H15F3N2O7S3. The molecule has 32 heavy (non-hydrogen) atoms. The van der Waals surface area contributed by atoms with Crippen molar-refractivity contribution in [1.29, 1.82) is 0 Å². The van der Waals surface area contributed by atoms with Gasteiger partial charge < -0.3 is 4.42 Å². The molecule has 0 amide bonds. The number of hydrogen-bond acceptors (Lipinski definition) is 9. The number of aromatic nitrogens is 2. The van der Waals surface area contributed by atoms with Gasteiger partial charge in [-0.1, -0.05) is 13.8 Å². The molecular weight excluding hydrogens is 497 g/mol. The molecule has 0 N–H and O–H groups in total. The van der Waals surface area contributed by atoms with Gasteiger partial charge in [0.05, 0.1) is 21.3 Å². The van der Waals surface area contributed by atoms with Crippen LogP contribution in [0.15, 0.2) is 49.6 Å². The molecule has 0 aliphatic carbocycles. The third-order valence-electron chi connectivity index (χ3n) is 4.42. The Balaban J connectivity index is 2.29. The Hall–Kier alpha value is -2.52. The van der Waals surface area contributed by atoms with Crippen LogP contribution in [0.25, 0.3) is 22.7 Å². The number of benzene rings is 1. The van der Waals surface area contributed by atoms with E-state index in [1.54, 1.807) is 0 Å². The lowest BCUT2D eigenvalue weighted by Gasteiger charge is -2.08. The SMILES string of the molecule is CCS(=O)(=O)c1ccc(S(=O)(=O)CC)c(-c2nc3cc(S(=O)(=O)C(F)(F)F)ccc3o2)n1. The van der Waals surface area contributed by atoms with E-state index in [0.29, 0.717) is 12.1 Å². The zero-order chi connectivity index (χ0) is 24.1. The molecule has 15 heteroatoms. The van der Waals surface area contributed by atoms with Gasteiger partial charge in [-0.3, -0.25) is 0 Å². The van der Waals surface area contributed by atoms with Crippen LogP contribution in [-0.2, 0) is 29.5 Å². The summed E-state index contributed by atoms with van der Waals surface area (Å²) < 4.78 is 117. The van der Waals surface area contributed by atoms with Crippen molar-refractivity contribution in [2.75, 3.05) is 11.5 Å². The standard InChI is InChI=1S/C17H15F3N2O7S3/c1-3-30(23,24)13-7-8-14(31(25,26)4-2)22-15(13)16-21-11-9-10(5-6-12(11)29-16)32(27,28)17(18,19)20/h5-9H,3-4H2,1-2H3. The minimum absolute atomic E-state index is 0.161. The summed E-state index contributed by atoms with van der Waals surface area (Å²) in [6.07, 6.45) is 0. The second-order valence-corrected chi connectivity index (χ2v) is 12.8. The highest BCUT2D eigenvalue weighted by Crippen LogP contribution is 2.34. The van der Waals surface area contributed by atoms with Gasteiger partial charge in [-0.25, -0.2) is 35.2 Å². The van der Waals surface area contributed by atoms with Crippen molar-refractivity contribution in [2.24, 2.45) is 0 Å². The molecule has 0 bridgehead atoms. The average Bonchev–Trinajstić information content (AvgIpc) is 3.15. The Bertz CT molecular complexity index is 1530. The van der Waals surface area contributed by atoms with Crippen molar-refractivity contribution in [2.45, 2.75) is 34.2 Å². The summed E-state index contributed by atoms with van der Waals surface area (Å²) in [4.78, 5) is 6.27. The van der Waals surface area contributed by atoms with E-state index in [9.17, 15) is 38.4 Å². The lowest BCUT2D eigenvalue weighted by Crippen LogP contribution is -2.23. The average molecular weight is 513 g/mol. The zero-order valence-corrected chi connectivity index (χ0v) is 18.9. The van der Waals surface area contributed by atoms with Crippen LogP contribution in [0.1, 0.15) is 13.8 Å². The first-order chi connectivity index (χ1) is 14.6. The first-order valence-electron chi connectivity index (χ1n) is 8.83. The van der Waals surface area contributed by atoms with Crippen LogP contribution in [0, 0.1) is 0 Å². The van der Waals surface area contributed by atoms with Crippen molar-refractivity contribution in [3.05, 3.63) is 30.3 Å². The van der Waals surface area contributed by atoms with Crippen LogP contribution in [0.4, 0.5) is 13.2 Å². The molecule has 9 nitrogen and oxygen atoms in total. The molecule has 0 aliphatic heterocycles. The van der Waals surface area contributed by atoms with E-state index in [1.165, 1.54) is 13.8 Å². The summed E-state index contributed by atoms with van der Waals surface area (Å²) >= 11 is 0. The Morgan fingerprint density at radius 1 is 0.875 bits per heavy atom. The van der Waals surface area contributed by atoms with Crippen LogP contribution in [-0.4, -0.2) is 52.2 Å². The van der Waals surface area contributed by atoms with Crippen molar-refractivity contribution in [3.8, 4) is 11.6 Å². The van der Waals surface area contributed by atoms with Gasteiger partial charge in [-0.15, -0.1) is 0 Å². The Kier molecular flexibility index (Phi) is 5.89. The maximum Gasteiger partial charge on any atom is 0.501 e. The number of nitrogens with zero attached hydrogens (tertiary/aromatic N) is 2. The fourth-order valence-corrected chi connectivity index (χ4v) is 5.22. The lowest BCUT2D eigenvalue weighted by molar-refractivity contribution is -0.0436. The van der Waals surface area contributed by atoms with Crippen LogP contribution in [0.5, 0.6) is 0 Å². The molecule has 1 aromatic carbocycles. The quantitative estimate of drug-likeness (QED) is 0.487. The van der Waals surface area contributed by atoms with Crippen LogP contribution in [0.2, 0.25) is 0 Å². The van der Waals surface area contributed by atoms with Gasteiger partial charge in [0.1, 0.15) is 11.2 Å². The van der Waals surface area contributed by atoms with Crippen LogP contribution in [0.3, 0.4) is 0 Å². The second-order valence-electron chi connectivity index (χ2n) is 6.40. The van der Waals surface area contributed by atoms with Gasteiger partial charge in [0.25, 0.3) is 9.84 Å². The number of alkyl halides is 3. The normalized spacial score (nSPS) is 13.5. The van der Waals surface area contributed by atoms with E-state index in [0.717, 1.165) is 18.2 Å². The zero-order valence-electron chi connectivity index (χ0n) is 16.4. The summed E-state index contributed by atoms with van der Waals surface area (Å²) in [6, 6.07) is 4.24. The van der Waals surface area contributed by atoms with Gasteiger partial charge in [0, 0.05) is 0 Å². The van der Waals surface area contributed by atoms with Crippen molar-refractivity contribution < 1.29 is 42.8 Å². The molecule has 0 fully saturated rings. The number of pyridine rings is 1. The molecule has 0 spiro atoms. The summed E-state index contributed by atoms with van der Waals surface area (Å²) in [5.41, 5.74) is -6.49. The number of hydrogen-bond donors (Lipinski definition) is 0. The van der Waals surface area contributed by atoms with E-state index in [4.69, 9.17) is 4.42 Å². The number of fused-ring (bicyclic) bond motifs is 1. The van der Waals surface area contributed by atoms with Gasteiger partial charge >= 0.3 is 5.51 Å². The van der Waals surface area contributed by atoms with E-state index < -0.39 is 61.4 Å². The fourth-order valence-electron chi connectivity index (χ4n) is 2.62. The smallest absolute Gasteiger partial charge is 0.435 e. The van der Waals surface area contributed by atoms with E-state index in [1.807, 2.05) is 0 Å². The summed E-state index contributed by atoms with van der Waals surface area (Å²) in [5, 5.41) is -0.451. The van der Waals surface area contributed by atoms with Crippen molar-refractivity contribution in [3.63, 3.8) is 0 Å². The van der Waals surface area contributed by atoms with Crippen LogP contribution >= 0.6 is 0 Å². The Labute approximate surface area is 181 Å². The highest BCUT2D eigenvalue weighted by molar-refractivity contribution is 7.92. The van der Waals surface area contributed by atoms with Gasteiger partial charge in [-0.2, -0.15) is 13.2 Å². The molecule has 174 valence electrons. The van der Waals surface area contributed by atoms with E-state index >= 15 is 0 Å². The Morgan fingerprint density at radius 3 is 2.06 bits per heavy atom. The molecule has 0 aliphatic rings. The number of sulfone groups is 3. The van der Waals surface area contributed by atoms with Gasteiger partial charge in [-0.05, 0) is 30.3 Å². The maximum atomic E-state index is 12.8. The lowest BCUT2D eigenvalue weighted by atomic mass is 10.3. The van der Waals surface area contributed by atoms with E-state index in [2.05, 4.69) is 9.97 Å². The van der Waals surface area contributed by atoms with Crippen molar-refractivity contribution >= 4 is 40.6 Å². The minimum Gasteiger partial charge on any atom is -0.435 e. The third-order valence-corrected chi connectivity index (χ3v) is 9.29. The van der Waals surface area contributed by atoms with Crippen molar-refractivity contribution in [1.82, 2.24) is 9.97 Å². The molecule has 0 radical (unpaired) electrons. The molecule has 3 aromatic rings. The van der Waals surface area contributed by atoms with Crippen LogP contribution < -0.4 is 0 Å². The minimum atomic E-state index is -5.66. The monoisotopic (exact) mass is 512 g/mol. The first-order valence-corrected chi connectivity index (χ1v) is 13.6. The molecule has 2 aromatic heterocycles. The number of oxazole rings is 1. The third kappa shape index (κ3) is 4.11. The summed E-state index contributed by atoms with van der Waals surface area (Å²) in [7, 11) is -13.4. The highest BCUT2D eigenvalue weighted by atomic mass is 32.2. The highest BCUT2D eigenvalue weighted by Gasteiger charge is 2.47. The molecule has 3 rings (SSSR count). The Morgan fingerprint density at radius 2 is 1.50 bits per heavy atom. The van der Waals surface area contributed by atoms with Gasteiger partial charge in [0.2, 0.25) is 5.89 Å². The predicted octanol–water partition coefficient (Wildman–Crippen LogP) is 2.77. The largest absolute Gasteiger partial charge is 0.501 e. The number of halogens is 3. The first kappa shape index (κ1) is 24.1. The predicted molar refractivity (Wildman–Crippen MR) is 106 cm³/mol. The molecule has 2 heterocycles. The van der Waals surface area contributed by atoms with E-state index in [-0.39, 0.29) is 22.6 Å². The molecule has 0 saturated carbocycles. The summed E-state index contributed by atoms with van der Waals surface area (Å²) in [6.45, 7) is 2.70. The second kappa shape index (κ2) is 7.81. The fraction of sp³-hybridized carbons (Fsp3) is 0.294. The summed E-state index contributed by atoms with van der Waals surface area (Å²) in [5.74, 6) is -1.19. The topological polar surface area (TPSA) is 141 Å². The maximum absolute atomic E-state index is 12.8. The van der Waals surface area contributed by atoms with Gasteiger partial charge in [0.15, 0.2) is 30.3 Å². The number of rotatable bonds is 6. The molecule has 0 atom stereocenters. The molecule has 0 saturated heterocycles.